The second-order valence-corrected chi connectivity index (χ2v) is 8.40. The molecule has 132 valence electrons. The molecule has 0 saturated heterocycles. The average Bonchev–Trinajstić information content (AvgIpc) is 2.91. The Hall–Kier alpha value is -2.25. The molecule has 0 spiro atoms. The van der Waals surface area contributed by atoms with Crippen LogP contribution in [0, 0.1) is 20.8 Å². The third kappa shape index (κ3) is 2.81. The Morgan fingerprint density at radius 2 is 1.77 bits per heavy atom. The molecular weight excluding hydrogens is 364 g/mol. The standard InChI is InChI=1S/C19H18N4OS2/c1-10-12(3)26-17-16(10)18(24)23(4)19(22-17)25-9-15-11(2)20-13-7-5-6-8-14(13)21-15/h5-8H,9H2,1-4H3. The maximum Gasteiger partial charge on any atom is 0.262 e. The van der Waals surface area contributed by atoms with E-state index in [4.69, 9.17) is 9.97 Å². The van der Waals surface area contributed by atoms with Crippen molar-refractivity contribution in [2.75, 3.05) is 0 Å². The van der Waals surface area contributed by atoms with Crippen molar-refractivity contribution in [1.29, 1.82) is 0 Å². The minimum atomic E-state index is 0.0145. The molecule has 7 heteroatoms. The van der Waals surface area contributed by atoms with Crippen LogP contribution in [-0.2, 0) is 12.8 Å². The van der Waals surface area contributed by atoms with Crippen molar-refractivity contribution in [2.24, 2.45) is 7.05 Å². The monoisotopic (exact) mass is 382 g/mol. The molecule has 4 aromatic rings. The van der Waals surface area contributed by atoms with Crippen LogP contribution in [0.2, 0.25) is 0 Å². The van der Waals surface area contributed by atoms with E-state index in [0.29, 0.717) is 10.9 Å². The first kappa shape index (κ1) is 17.2. The molecule has 0 saturated carbocycles. The molecule has 0 aliphatic heterocycles. The highest BCUT2D eigenvalue weighted by Gasteiger charge is 2.15. The maximum atomic E-state index is 12.7. The van der Waals surface area contributed by atoms with E-state index in [1.54, 1.807) is 23.0 Å². The largest absolute Gasteiger partial charge is 0.290 e. The van der Waals surface area contributed by atoms with Gasteiger partial charge in [0.05, 0.1) is 27.8 Å². The Labute approximate surface area is 159 Å². The summed E-state index contributed by atoms with van der Waals surface area (Å²) in [5, 5.41) is 1.44. The molecule has 0 N–H and O–H groups in total. The van der Waals surface area contributed by atoms with Crippen molar-refractivity contribution < 1.29 is 0 Å². The molecule has 3 heterocycles. The first-order valence-electron chi connectivity index (χ1n) is 8.27. The van der Waals surface area contributed by atoms with Gasteiger partial charge in [-0.2, -0.15) is 0 Å². The minimum absolute atomic E-state index is 0.0145. The van der Waals surface area contributed by atoms with Gasteiger partial charge in [-0.05, 0) is 38.5 Å². The van der Waals surface area contributed by atoms with Crippen molar-refractivity contribution in [2.45, 2.75) is 31.7 Å². The highest BCUT2D eigenvalue weighted by molar-refractivity contribution is 7.98. The SMILES string of the molecule is Cc1nc2ccccc2nc1CSc1nc2sc(C)c(C)c2c(=O)n1C. The van der Waals surface area contributed by atoms with Crippen LogP contribution in [0.1, 0.15) is 21.8 Å². The zero-order chi connectivity index (χ0) is 18.4. The summed E-state index contributed by atoms with van der Waals surface area (Å²) in [6.45, 7) is 5.98. The van der Waals surface area contributed by atoms with Crippen LogP contribution in [0.15, 0.2) is 34.2 Å². The van der Waals surface area contributed by atoms with Crippen LogP contribution in [0.25, 0.3) is 21.3 Å². The first-order valence-corrected chi connectivity index (χ1v) is 10.1. The van der Waals surface area contributed by atoms with Gasteiger partial charge in [0.1, 0.15) is 4.83 Å². The van der Waals surface area contributed by atoms with Gasteiger partial charge in [0.2, 0.25) is 0 Å². The molecule has 4 rings (SSSR count). The summed E-state index contributed by atoms with van der Waals surface area (Å²) in [7, 11) is 1.78. The summed E-state index contributed by atoms with van der Waals surface area (Å²) in [5.41, 5.74) is 4.66. The Morgan fingerprint density at radius 1 is 1.08 bits per heavy atom. The fourth-order valence-corrected chi connectivity index (χ4v) is 4.93. The number of hydrogen-bond acceptors (Lipinski definition) is 6. The zero-order valence-electron chi connectivity index (χ0n) is 15.0. The van der Waals surface area contributed by atoms with Gasteiger partial charge in [0, 0.05) is 17.7 Å². The highest BCUT2D eigenvalue weighted by atomic mass is 32.2. The van der Waals surface area contributed by atoms with E-state index in [9.17, 15) is 4.79 Å². The third-order valence-electron chi connectivity index (χ3n) is 4.55. The van der Waals surface area contributed by atoms with Crippen LogP contribution in [0.4, 0.5) is 0 Å². The first-order chi connectivity index (χ1) is 12.5. The molecule has 0 unspecified atom stereocenters. The summed E-state index contributed by atoms with van der Waals surface area (Å²) < 4.78 is 1.63. The lowest BCUT2D eigenvalue weighted by Gasteiger charge is -2.09. The number of hydrogen-bond donors (Lipinski definition) is 0. The van der Waals surface area contributed by atoms with E-state index < -0.39 is 0 Å². The molecule has 0 aliphatic carbocycles. The molecule has 0 bridgehead atoms. The Morgan fingerprint density at radius 3 is 2.50 bits per heavy atom. The number of rotatable bonds is 3. The number of fused-ring (bicyclic) bond motifs is 2. The lowest BCUT2D eigenvalue weighted by Crippen LogP contribution is -2.19. The summed E-state index contributed by atoms with van der Waals surface area (Å²) >= 11 is 3.10. The second-order valence-electron chi connectivity index (χ2n) is 6.26. The summed E-state index contributed by atoms with van der Waals surface area (Å²) in [5.74, 6) is 0.624. The fraction of sp³-hybridized carbons (Fsp3) is 0.263. The molecule has 5 nitrogen and oxygen atoms in total. The number of benzene rings is 1. The van der Waals surface area contributed by atoms with Crippen LogP contribution in [0.5, 0.6) is 0 Å². The van der Waals surface area contributed by atoms with Crippen molar-refractivity contribution in [3.05, 3.63) is 56.4 Å². The molecule has 1 aromatic carbocycles. The number of thiophene rings is 1. The van der Waals surface area contributed by atoms with Gasteiger partial charge in [0.25, 0.3) is 5.56 Å². The van der Waals surface area contributed by atoms with E-state index in [-0.39, 0.29) is 5.56 Å². The molecule has 3 aromatic heterocycles. The molecule has 0 aliphatic rings. The van der Waals surface area contributed by atoms with E-state index in [2.05, 4.69) is 4.98 Å². The highest BCUT2D eigenvalue weighted by Crippen LogP contribution is 2.29. The lowest BCUT2D eigenvalue weighted by atomic mass is 10.2. The second kappa shape index (κ2) is 6.48. The number of para-hydroxylation sites is 2. The van der Waals surface area contributed by atoms with E-state index >= 15 is 0 Å². The topological polar surface area (TPSA) is 60.7 Å². The van der Waals surface area contributed by atoms with Crippen molar-refractivity contribution in [3.8, 4) is 0 Å². The number of thioether (sulfide) groups is 1. The number of aryl methyl sites for hydroxylation is 3. The fourth-order valence-electron chi connectivity index (χ4n) is 2.88. The predicted octanol–water partition coefficient (Wildman–Crippen LogP) is 4.16. The van der Waals surface area contributed by atoms with Gasteiger partial charge in [0.15, 0.2) is 5.16 Å². The Balaban J connectivity index is 1.71. The van der Waals surface area contributed by atoms with E-state index in [1.165, 1.54) is 11.8 Å². The summed E-state index contributed by atoms with van der Waals surface area (Å²) in [6, 6.07) is 7.86. The van der Waals surface area contributed by atoms with Crippen LogP contribution >= 0.6 is 23.1 Å². The third-order valence-corrected chi connectivity index (χ3v) is 6.69. The average molecular weight is 383 g/mol. The van der Waals surface area contributed by atoms with Gasteiger partial charge in [-0.15, -0.1) is 11.3 Å². The number of aromatic nitrogens is 4. The molecule has 0 fully saturated rings. The predicted molar refractivity (Wildman–Crippen MR) is 108 cm³/mol. The zero-order valence-corrected chi connectivity index (χ0v) is 16.7. The van der Waals surface area contributed by atoms with Gasteiger partial charge in [-0.1, -0.05) is 23.9 Å². The van der Waals surface area contributed by atoms with Crippen LogP contribution in [0.3, 0.4) is 0 Å². The molecule has 0 amide bonds. The van der Waals surface area contributed by atoms with Gasteiger partial charge >= 0.3 is 0 Å². The normalized spacial score (nSPS) is 11.5. The number of nitrogens with zero attached hydrogens (tertiary/aromatic N) is 4. The van der Waals surface area contributed by atoms with Crippen LogP contribution in [-0.4, -0.2) is 19.5 Å². The smallest absolute Gasteiger partial charge is 0.262 e. The van der Waals surface area contributed by atoms with Crippen molar-refractivity contribution in [1.82, 2.24) is 19.5 Å². The quantitative estimate of drug-likeness (QED) is 0.393. The summed E-state index contributed by atoms with van der Waals surface area (Å²) in [4.78, 5) is 28.8. The molecular formula is C19H18N4OS2. The minimum Gasteiger partial charge on any atom is -0.290 e. The lowest BCUT2D eigenvalue weighted by molar-refractivity contribution is 0.727. The van der Waals surface area contributed by atoms with Gasteiger partial charge < -0.3 is 0 Å². The van der Waals surface area contributed by atoms with Crippen molar-refractivity contribution >= 4 is 44.3 Å². The Kier molecular flexibility index (Phi) is 4.28. The van der Waals surface area contributed by atoms with Gasteiger partial charge in [-0.25, -0.2) is 15.0 Å². The van der Waals surface area contributed by atoms with E-state index in [0.717, 1.165) is 43.1 Å². The van der Waals surface area contributed by atoms with Gasteiger partial charge in [-0.3, -0.25) is 9.36 Å². The van der Waals surface area contributed by atoms with E-state index in [1.807, 2.05) is 45.0 Å². The maximum absolute atomic E-state index is 12.7. The molecule has 0 radical (unpaired) electrons. The Bertz CT molecular complexity index is 1210. The summed E-state index contributed by atoms with van der Waals surface area (Å²) in [6.07, 6.45) is 0. The van der Waals surface area contributed by atoms with Crippen molar-refractivity contribution in [3.63, 3.8) is 0 Å². The molecule has 26 heavy (non-hydrogen) atoms. The molecule has 0 atom stereocenters. The van der Waals surface area contributed by atoms with Crippen LogP contribution < -0.4 is 5.56 Å².